The maximum Gasteiger partial charge on any atom is 0.172 e. The zero-order chi connectivity index (χ0) is 45.2. The van der Waals surface area contributed by atoms with E-state index in [0.29, 0.717) is 17.5 Å². The zero-order valence-electron chi connectivity index (χ0n) is 38.0. The van der Waals surface area contributed by atoms with Crippen LogP contribution in [0.3, 0.4) is 0 Å². The minimum Gasteiger partial charge on any atom is -0.323 e. The molecule has 0 aliphatic carbocycles. The largest absolute Gasteiger partial charge is 0.323 e. The summed E-state index contributed by atoms with van der Waals surface area (Å²) in [5.41, 5.74) is 14.3. The quantitative estimate of drug-likeness (QED) is 0.0718. The van der Waals surface area contributed by atoms with Crippen LogP contribution in [0.2, 0.25) is 6.82 Å². The smallest absolute Gasteiger partial charge is 0.172 e. The molecule has 0 N–H and O–H groups in total. The number of fused-ring (bicyclic) bond motifs is 1. The Morgan fingerprint density at radius 1 is 0.778 bits per heavy atom. The van der Waals surface area contributed by atoms with E-state index in [1.165, 1.54) is 0 Å². The van der Waals surface area contributed by atoms with E-state index in [1.807, 2.05) is 90.2 Å². The number of hydrogen-bond acceptors (Lipinski definition) is 6. The van der Waals surface area contributed by atoms with Crippen LogP contribution < -0.4 is 5.59 Å². The van der Waals surface area contributed by atoms with Crippen LogP contribution in [-0.4, -0.2) is 31.8 Å². The molecule has 2 aromatic carbocycles. The number of benzene rings is 2. The van der Waals surface area contributed by atoms with Crippen molar-refractivity contribution in [2.24, 2.45) is 0 Å². The van der Waals surface area contributed by atoms with E-state index < -0.39 is 0 Å². The van der Waals surface area contributed by atoms with Crippen molar-refractivity contribution < 1.29 is 0 Å². The van der Waals surface area contributed by atoms with E-state index in [0.717, 1.165) is 97.6 Å². The first-order chi connectivity index (χ1) is 30.6. The molecule has 4 aromatic heterocycles. The third kappa shape index (κ3) is 9.63. The molecule has 0 fully saturated rings. The van der Waals surface area contributed by atoms with E-state index >= 15 is 0 Å². The second-order valence-corrected chi connectivity index (χ2v) is 16.8. The summed E-state index contributed by atoms with van der Waals surface area (Å²) in [5, 5.41) is 0.934. The predicted octanol–water partition coefficient (Wildman–Crippen LogP) is 15.3. The summed E-state index contributed by atoms with van der Waals surface area (Å²) >= 11 is 3.41. The molecule has 315 valence electrons. The van der Waals surface area contributed by atoms with Crippen LogP contribution in [0, 0.1) is 6.92 Å². The Morgan fingerprint density at radius 2 is 1.54 bits per heavy atom. The highest BCUT2D eigenvalue weighted by atomic mass is 32.1. The average molecular weight is 861 g/mol. The second-order valence-electron chi connectivity index (χ2n) is 14.7. The van der Waals surface area contributed by atoms with Crippen molar-refractivity contribution >= 4 is 92.9 Å². The zero-order valence-corrected chi connectivity index (χ0v) is 39.6. The predicted molar refractivity (Wildman–Crippen MR) is 282 cm³/mol. The van der Waals surface area contributed by atoms with Crippen molar-refractivity contribution in [2.75, 3.05) is 0 Å². The van der Waals surface area contributed by atoms with Gasteiger partial charge in [0.25, 0.3) is 0 Å². The van der Waals surface area contributed by atoms with Gasteiger partial charge in [-0.25, -0.2) is 19.9 Å². The Hall–Kier alpha value is -6.48. The number of rotatable bonds is 16. The lowest BCUT2D eigenvalue weighted by Gasteiger charge is -2.13. The molecule has 0 aliphatic heterocycles. The Morgan fingerprint density at radius 3 is 2.21 bits per heavy atom. The Balaban J connectivity index is 1.44. The van der Waals surface area contributed by atoms with Gasteiger partial charge in [0.2, 0.25) is 0 Å². The van der Waals surface area contributed by atoms with E-state index in [9.17, 15) is 0 Å². The molecular formula is C55H55BN5S2. The van der Waals surface area contributed by atoms with Crippen LogP contribution in [0.25, 0.3) is 85.0 Å². The lowest BCUT2D eigenvalue weighted by Crippen LogP contribution is -2.24. The highest BCUT2D eigenvalue weighted by molar-refractivity contribution is 7.21. The standard InChI is InChI=1S/C55H55BN5S2/c1-13-21-27-35(9)52-58-53(38(18-6)23-14-2)60-54(59-52)40-30-31-49-46(34-40)57-55(63-49)41-28-22-29-42(32-41)61-47(25-16-4)37(11)45(51(61)56-12)33-39(19-7)36(10)50-44(24-15-3)43(20-8)48(62-50)26-17-5/h13-34H,7-8,10H2,1-6,9,11-12H3/b21-13-,23-14-,24-15-,25-16-,26-17-,35-27+,38-18+,39-33+. The topological polar surface area (TPSA) is 56.5 Å². The van der Waals surface area contributed by atoms with Crippen molar-refractivity contribution in [3.63, 3.8) is 0 Å². The Labute approximate surface area is 383 Å². The normalized spacial score (nSPS) is 13.0. The minimum absolute atomic E-state index is 0.606. The van der Waals surface area contributed by atoms with Crippen molar-refractivity contribution in [2.45, 2.75) is 62.2 Å². The molecule has 8 heteroatoms. The molecule has 0 saturated heterocycles. The van der Waals surface area contributed by atoms with Crippen LogP contribution >= 0.6 is 22.7 Å². The van der Waals surface area contributed by atoms with Gasteiger partial charge in [-0.15, -0.1) is 22.7 Å². The highest BCUT2D eigenvalue weighted by Gasteiger charge is 2.22. The Bertz CT molecular complexity index is 2970. The molecule has 0 spiro atoms. The first-order valence-electron chi connectivity index (χ1n) is 21.2. The molecule has 0 atom stereocenters. The van der Waals surface area contributed by atoms with E-state index in [1.54, 1.807) is 22.7 Å². The molecule has 5 nitrogen and oxygen atoms in total. The number of allylic oxidation sites excluding steroid dienone is 14. The fourth-order valence-electron chi connectivity index (χ4n) is 7.50. The summed E-state index contributed by atoms with van der Waals surface area (Å²) in [7, 11) is 2.19. The molecule has 63 heavy (non-hydrogen) atoms. The van der Waals surface area contributed by atoms with Gasteiger partial charge in [-0.1, -0.05) is 112 Å². The average Bonchev–Trinajstić information content (AvgIpc) is 3.97. The summed E-state index contributed by atoms with van der Waals surface area (Å²) < 4.78 is 3.42. The maximum absolute atomic E-state index is 5.20. The molecular weight excluding hydrogens is 806 g/mol. The third-order valence-electron chi connectivity index (χ3n) is 10.6. The fourth-order valence-corrected chi connectivity index (χ4v) is 9.69. The number of thiazole rings is 1. The molecule has 4 heterocycles. The number of thiophene rings is 1. The minimum atomic E-state index is 0.606. The third-order valence-corrected chi connectivity index (χ3v) is 12.9. The fraction of sp³-hybridized carbons (Fsp3) is 0.164. The first-order valence-corrected chi connectivity index (χ1v) is 22.9. The summed E-state index contributed by atoms with van der Waals surface area (Å²) in [6, 6.07) is 14.9. The summed E-state index contributed by atoms with van der Waals surface area (Å²) in [6.07, 6.45) is 30.9. The molecule has 1 radical (unpaired) electrons. The lowest BCUT2D eigenvalue weighted by molar-refractivity contribution is 0.998. The van der Waals surface area contributed by atoms with Crippen molar-refractivity contribution in [1.29, 1.82) is 0 Å². The second kappa shape index (κ2) is 21.1. The van der Waals surface area contributed by atoms with E-state index in [2.05, 4.69) is 137 Å². The van der Waals surface area contributed by atoms with Gasteiger partial charge in [0.15, 0.2) is 24.8 Å². The highest BCUT2D eigenvalue weighted by Crippen LogP contribution is 2.40. The van der Waals surface area contributed by atoms with Crippen LogP contribution in [0.5, 0.6) is 0 Å². The van der Waals surface area contributed by atoms with Gasteiger partial charge in [-0.05, 0) is 143 Å². The van der Waals surface area contributed by atoms with Crippen LogP contribution in [-0.2, 0) is 0 Å². The molecule has 0 aliphatic rings. The van der Waals surface area contributed by atoms with Crippen LogP contribution in [0.15, 0.2) is 129 Å². The van der Waals surface area contributed by atoms with Gasteiger partial charge in [0.05, 0.1) is 10.2 Å². The van der Waals surface area contributed by atoms with Gasteiger partial charge in [-0.3, -0.25) is 0 Å². The monoisotopic (exact) mass is 860 g/mol. The van der Waals surface area contributed by atoms with Crippen LogP contribution in [0.1, 0.15) is 97.8 Å². The van der Waals surface area contributed by atoms with Gasteiger partial charge < -0.3 is 4.57 Å². The van der Waals surface area contributed by atoms with Crippen LogP contribution in [0.4, 0.5) is 0 Å². The van der Waals surface area contributed by atoms with Crippen molar-refractivity contribution in [3.8, 4) is 27.6 Å². The van der Waals surface area contributed by atoms with Gasteiger partial charge in [-0.2, -0.15) is 0 Å². The van der Waals surface area contributed by atoms with E-state index in [-0.39, 0.29) is 0 Å². The molecule has 6 aromatic rings. The molecule has 0 bridgehead atoms. The SMILES string of the molecule is C=C/C(=C\c1c(C)c(/C=C\C)n(-c2cccc(-c3nc4cc(-c5nc(/C(C)=C/C=C\C)nc(C(/C=C\C)=C/C)n5)ccc4s3)c2)c1[B]C)C(=C)c1sc(/C=C\C)c(C=C)c1/C=C\C. The van der Waals surface area contributed by atoms with Gasteiger partial charge in [0, 0.05) is 43.4 Å². The number of nitrogens with zero attached hydrogens (tertiary/aromatic N) is 5. The number of aromatic nitrogens is 5. The molecule has 0 amide bonds. The Kier molecular flexibility index (Phi) is 15.4. The summed E-state index contributed by atoms with van der Waals surface area (Å²) in [5.74, 6) is 1.88. The maximum atomic E-state index is 5.20. The summed E-state index contributed by atoms with van der Waals surface area (Å²) in [6.45, 7) is 31.5. The van der Waals surface area contributed by atoms with Crippen molar-refractivity contribution in [1.82, 2.24) is 24.5 Å². The van der Waals surface area contributed by atoms with Gasteiger partial charge >= 0.3 is 0 Å². The van der Waals surface area contributed by atoms with E-state index in [4.69, 9.17) is 19.9 Å². The molecule has 0 saturated carbocycles. The number of hydrogen-bond donors (Lipinski definition) is 0. The first kappa shape index (κ1) is 46.0. The summed E-state index contributed by atoms with van der Waals surface area (Å²) in [4.78, 5) is 22.2. The van der Waals surface area contributed by atoms with Gasteiger partial charge in [0.1, 0.15) is 5.01 Å². The van der Waals surface area contributed by atoms with Crippen molar-refractivity contribution in [3.05, 3.63) is 178 Å². The lowest BCUT2D eigenvalue weighted by atomic mass is 9.74. The molecule has 6 rings (SSSR count). The molecule has 0 unspecified atom stereocenters.